The number of carbonyl (C=O) groups excluding carboxylic acids is 6. The third-order valence-corrected chi connectivity index (χ3v) is 24.5. The SMILES string of the molecule is CO[C@@H]1/C=C\O[C@@]2(C)Oc3c(C)c(O)c4c(c3C2=O)C2=NC3(CCN(CC(C)C)CC3)NC2=C(NC(=O)/C(C)=C\C=C/[C@@H](C)[C@@H](O)[C@H](C)[C@H](O)[C@H](C)[C@H](OC(C)=O)[C@@H]1C)C4=O.Cc1ncc([N+](=O)[O-])n1CCO.Nc1ccc(S(=O)(=O)c2ccc(N)cc2)cc1.O=C1C(O)=C([C@H]2CC[C@H](c3ccc(Cl)cc3)CC2)C(=O)c2ccccc21.O=P(O)(O)O.[LiH]. The number of sulfone groups is 1. The monoisotopic (exact) mass is 1740 g/mol. The van der Waals surface area contributed by atoms with Crippen LogP contribution in [0.25, 0.3) is 0 Å². The van der Waals surface area contributed by atoms with Gasteiger partial charge in [0, 0.05) is 134 Å². The molecule has 1 spiro atoms. The number of fused-ring (bicyclic) bond motifs is 4. The molecule has 4 aliphatic heterocycles. The first-order valence-corrected chi connectivity index (χ1v) is 42.8. The second-order valence-corrected chi connectivity index (χ2v) is 35.0. The molecule has 1 saturated heterocycles. The van der Waals surface area contributed by atoms with Gasteiger partial charge in [-0.2, -0.15) is 0 Å². The van der Waals surface area contributed by atoms with Gasteiger partial charge in [-0.3, -0.25) is 33.8 Å². The number of allylic oxidation sites excluding steroid dienone is 6. The van der Waals surface area contributed by atoms with Crippen LogP contribution in [0.5, 0.6) is 11.5 Å². The number of piperidine rings is 1. The van der Waals surface area contributed by atoms with Crippen molar-refractivity contribution < 1.29 is 106 Å². The van der Waals surface area contributed by atoms with E-state index < -0.39 is 117 Å². The van der Waals surface area contributed by atoms with Crippen molar-refractivity contribution >= 4 is 106 Å². The second kappa shape index (κ2) is 41.0. The van der Waals surface area contributed by atoms with E-state index in [4.69, 9.17) is 71.4 Å². The quantitative estimate of drug-likeness (QED) is 0.0143. The normalized spacial score (nSPS) is 24.9. The molecule has 9 atom stereocenters. The minimum atomic E-state index is -4.64. The fraction of sp³-hybridized carbons (Fsp3) is 0.419. The van der Waals surface area contributed by atoms with E-state index in [-0.39, 0.29) is 116 Å². The van der Waals surface area contributed by atoms with Gasteiger partial charge in [0.2, 0.25) is 21.4 Å². The Morgan fingerprint density at radius 3 is 1.88 bits per heavy atom. The van der Waals surface area contributed by atoms with E-state index in [1.807, 2.05) is 12.1 Å². The van der Waals surface area contributed by atoms with E-state index in [9.17, 15) is 67.7 Å². The average Bonchev–Trinajstić information content (AvgIpc) is 1.53. The number of aromatic nitrogens is 2. The minimum absolute atomic E-state index is 0. The van der Waals surface area contributed by atoms with Gasteiger partial charge in [0.1, 0.15) is 41.7 Å². The molecule has 122 heavy (non-hydrogen) atoms. The molecule has 652 valence electrons. The molecule has 1 saturated carbocycles. The van der Waals surface area contributed by atoms with Crippen LogP contribution in [0.1, 0.15) is 171 Å². The molecule has 36 heteroatoms. The summed E-state index contributed by atoms with van der Waals surface area (Å²) in [6.45, 7) is 21.2. The number of phenolic OH excluding ortho intramolecular Hbond substituents is 1. The number of aliphatic imine (C=N–C) groups is 1. The van der Waals surface area contributed by atoms with Gasteiger partial charge in [-0.05, 0) is 135 Å². The number of methoxy groups -OCH3 is 1. The van der Waals surface area contributed by atoms with Crippen molar-refractivity contribution in [1.82, 2.24) is 25.1 Å². The predicted octanol–water partition coefficient (Wildman–Crippen LogP) is 10.3. The number of anilines is 2. The molecule has 0 radical (unpaired) electrons. The number of rotatable bonds is 11. The number of phenols is 1. The number of nitrogen functional groups attached to an aromatic ring is 2. The zero-order chi connectivity index (χ0) is 89.2. The first kappa shape index (κ1) is 97.5. The first-order valence-electron chi connectivity index (χ1n) is 39.4. The summed E-state index contributed by atoms with van der Waals surface area (Å²) in [6, 6.07) is 26.8. The van der Waals surface area contributed by atoms with Crippen molar-refractivity contribution in [3.63, 3.8) is 0 Å². The Morgan fingerprint density at radius 1 is 0.787 bits per heavy atom. The van der Waals surface area contributed by atoms with Crippen molar-refractivity contribution in [3.8, 4) is 11.5 Å². The molecule has 1 amide bonds. The van der Waals surface area contributed by atoms with Crippen LogP contribution in [-0.4, -0.2) is 197 Å². The van der Waals surface area contributed by atoms with Crippen LogP contribution in [0.4, 0.5) is 17.2 Å². The number of aliphatic hydroxyl groups excluding tert-OH is 4. The second-order valence-electron chi connectivity index (χ2n) is 31.5. The van der Waals surface area contributed by atoms with Crippen LogP contribution in [0.3, 0.4) is 0 Å². The maximum atomic E-state index is 14.7. The summed E-state index contributed by atoms with van der Waals surface area (Å²) in [5.41, 5.74) is 14.2. The van der Waals surface area contributed by atoms with Gasteiger partial charge in [0.25, 0.3) is 11.7 Å². The molecule has 32 nitrogen and oxygen atoms in total. The number of carbonyl (C=O) groups is 6. The number of ether oxygens (including phenoxy) is 4. The number of hydrogen-bond donors (Lipinski definition) is 12. The topological polar surface area (TPSA) is 505 Å². The Hall–Kier alpha value is -9.95. The Morgan fingerprint density at radius 2 is 1.34 bits per heavy atom. The third-order valence-electron chi connectivity index (χ3n) is 22.5. The number of benzene rings is 5. The van der Waals surface area contributed by atoms with E-state index in [2.05, 4.69) is 46.5 Å². The number of Topliss-reactive ketones (excluding diaryl/α,β-unsaturated/α-hetero) is 4. The van der Waals surface area contributed by atoms with Crippen LogP contribution in [0, 0.1) is 59.5 Å². The maximum absolute atomic E-state index is 14.7. The van der Waals surface area contributed by atoms with Crippen molar-refractivity contribution in [3.05, 3.63) is 222 Å². The standard InChI is InChI=1S/C46H62N4O11.C22H19ClO3.C12H12N2O2S.C6H9N3O3.Li.H3O4P.H/c1-22(2)21-50-18-16-46(17-19-50)48-34-31-32-39(54)28(8)42-33(31)43(56)45(10,61-42)59-20-15-30(58-11)25(5)41(60-29(9)51)27(7)38(53)26(6)37(52)23(3)13-12-14-24(4)44(57)47-36(40(32)55)35(34)49-46;23-16-11-9-14(10-12-16)13-5-7-15(8-6-13)19-20(24)17-3-1-2-4-18(17)21(25)22(19)26;13-9-1-5-11(6-2-9)17(15,16)12-7-3-10(14)4-8-12;1-5-7-4-6(9(11)12)8(5)2-3-10;;1-5(2,3)4;/h12-15,20,22-23,25-27,30,37-38,41,49,52-54H,16-19,21H2,1-11H3,(H,47,57);1-4,9-13,15,26H,5-8H2;1-8H,13-14H2;4,10H,2-3H2,1H3;;(H3,1,2,3,4);/b13-12-,20-15-,24-14-;;;;;;/t23-,25-,26+,27+,30-,37-,38+,41-,45+;13-,15-;;;;;/m1....../s1. The van der Waals surface area contributed by atoms with Gasteiger partial charge >= 0.3 is 44.3 Å². The van der Waals surface area contributed by atoms with Crippen molar-refractivity contribution in [1.29, 1.82) is 0 Å². The number of amides is 1. The number of nitrogens with two attached hydrogens (primary N) is 2. The molecule has 13 rings (SSSR count). The molecular weight excluding hydrogens is 1630 g/mol. The number of nitrogens with one attached hydrogen (secondary N) is 2. The number of nitro groups is 1. The number of aryl methyl sites for hydroxylation is 1. The van der Waals surface area contributed by atoms with Gasteiger partial charge < -0.3 is 96.3 Å². The summed E-state index contributed by atoms with van der Waals surface area (Å²) in [4.78, 5) is 124. The Kier molecular flexibility index (Phi) is 32.8. The molecule has 2 fully saturated rings. The molecule has 5 aromatic carbocycles. The van der Waals surface area contributed by atoms with E-state index in [0.717, 1.165) is 50.3 Å². The number of esters is 1. The number of likely N-dealkylation sites (tertiary alicyclic amines) is 1. The van der Waals surface area contributed by atoms with Gasteiger partial charge in [0.15, 0.2) is 17.4 Å². The van der Waals surface area contributed by atoms with Crippen LogP contribution in [0.2, 0.25) is 5.02 Å². The molecular formula is C86H106ClLiN9O23PS. The number of nitrogens with zero attached hydrogens (tertiary/aromatic N) is 5. The van der Waals surface area contributed by atoms with Crippen LogP contribution in [-0.2, 0) is 44.7 Å². The van der Waals surface area contributed by atoms with E-state index in [1.54, 1.807) is 114 Å². The molecule has 3 aliphatic carbocycles. The molecule has 14 N–H and O–H groups in total. The summed E-state index contributed by atoms with van der Waals surface area (Å²) in [5, 5.41) is 71.2. The fourth-order valence-corrected chi connectivity index (χ4v) is 17.3. The molecule has 5 heterocycles. The molecule has 0 unspecified atom stereocenters. The number of aromatic hydroxyl groups is 1. The first-order chi connectivity index (χ1) is 56.9. The number of imidazole rings is 1. The van der Waals surface area contributed by atoms with Gasteiger partial charge in [-0.25, -0.2) is 22.5 Å². The predicted molar refractivity (Wildman–Crippen MR) is 457 cm³/mol. The van der Waals surface area contributed by atoms with Gasteiger partial charge in [-0.1, -0.05) is 108 Å². The Labute approximate surface area is 724 Å². The number of phosphoric acid groups is 1. The zero-order valence-corrected chi connectivity index (χ0v) is 71.6. The number of aliphatic hydroxyl groups is 4. The van der Waals surface area contributed by atoms with Crippen LogP contribution in [0.15, 0.2) is 177 Å². The fourth-order valence-electron chi connectivity index (χ4n) is 15.9. The van der Waals surface area contributed by atoms with Crippen molar-refractivity contribution in [2.45, 2.75) is 173 Å². The Bertz CT molecular complexity index is 5210. The summed E-state index contributed by atoms with van der Waals surface area (Å²) in [6.07, 6.45) is 9.66. The van der Waals surface area contributed by atoms with Gasteiger partial charge in [0.05, 0.1) is 63.5 Å². The Balaban J connectivity index is 0.000000243. The zero-order valence-electron chi connectivity index (χ0n) is 69.2. The van der Waals surface area contributed by atoms with Crippen molar-refractivity contribution in [2.75, 3.05) is 44.8 Å². The van der Waals surface area contributed by atoms with Crippen molar-refractivity contribution in [2.24, 2.45) is 40.5 Å². The molecule has 6 aromatic rings. The summed E-state index contributed by atoms with van der Waals surface area (Å²) < 4.78 is 58.6. The number of ketones is 4. The summed E-state index contributed by atoms with van der Waals surface area (Å²) in [7, 11) is -6.66. The summed E-state index contributed by atoms with van der Waals surface area (Å²) in [5.74, 6) is -6.96. The van der Waals surface area contributed by atoms with Crippen LogP contribution < -0.4 is 26.8 Å². The third kappa shape index (κ3) is 22.5. The van der Waals surface area contributed by atoms with E-state index in [0.29, 0.717) is 58.6 Å². The van der Waals surface area contributed by atoms with E-state index >= 15 is 0 Å². The number of hydrogen-bond acceptors (Lipinski definition) is 26. The van der Waals surface area contributed by atoms with E-state index in [1.165, 1.54) is 74.7 Å². The molecule has 7 aliphatic rings. The van der Waals surface area contributed by atoms with Crippen LogP contribution >= 0.6 is 19.4 Å². The molecule has 1 aromatic heterocycles. The molecule has 5 bridgehead atoms. The number of halogens is 1. The average molecular weight is 1740 g/mol. The summed E-state index contributed by atoms with van der Waals surface area (Å²) >= 11 is 5.96. The van der Waals surface area contributed by atoms with Gasteiger partial charge in [-0.15, -0.1) is 0 Å².